The largest absolute Gasteiger partial charge is 0.416 e. The number of carbonyl (C=O) groups excluding carboxylic acids is 1. The lowest BCUT2D eigenvalue weighted by Gasteiger charge is -2.19. The van der Waals surface area contributed by atoms with Crippen molar-refractivity contribution in [1.29, 1.82) is 0 Å². The van der Waals surface area contributed by atoms with Crippen molar-refractivity contribution in [3.63, 3.8) is 0 Å². The number of nitrogens with zero attached hydrogens (tertiary/aromatic N) is 3. The standard InChI is InChI=1S/C23H22BrF3N4O/c1-3-31(4-2)18(32)14-28-22-19(24)20(15-8-6-5-7-9-15)29-21(30-22)16-10-12-17(13-11-16)23(25,26)27/h5-13H,3-4,14H2,1-2H3,(H,28,29,30). The molecule has 0 aliphatic carbocycles. The highest BCUT2D eigenvalue weighted by Crippen LogP contribution is 2.35. The number of benzene rings is 2. The molecule has 3 aromatic rings. The SMILES string of the molecule is CCN(CC)C(=O)CNc1nc(-c2ccc(C(F)(F)F)cc2)nc(-c2ccccc2)c1Br. The summed E-state index contributed by atoms with van der Waals surface area (Å²) in [6.07, 6.45) is -4.42. The second-order valence-electron chi connectivity index (χ2n) is 6.92. The molecule has 0 aliphatic heterocycles. The fraction of sp³-hybridized carbons (Fsp3) is 0.261. The molecular weight excluding hydrogens is 485 g/mol. The number of hydrogen-bond donors (Lipinski definition) is 1. The Kier molecular flexibility index (Phi) is 7.50. The summed E-state index contributed by atoms with van der Waals surface area (Å²) >= 11 is 3.52. The molecule has 0 fully saturated rings. The van der Waals surface area contributed by atoms with Crippen molar-refractivity contribution in [1.82, 2.24) is 14.9 Å². The zero-order valence-corrected chi connectivity index (χ0v) is 19.2. The average Bonchev–Trinajstić information content (AvgIpc) is 2.79. The van der Waals surface area contributed by atoms with E-state index in [1.165, 1.54) is 12.1 Å². The molecule has 0 spiro atoms. The van der Waals surface area contributed by atoms with Gasteiger partial charge in [-0.2, -0.15) is 13.2 Å². The summed E-state index contributed by atoms with van der Waals surface area (Å²) in [7, 11) is 0. The fourth-order valence-corrected chi connectivity index (χ4v) is 3.68. The normalized spacial score (nSPS) is 11.3. The van der Waals surface area contributed by atoms with E-state index in [0.717, 1.165) is 17.7 Å². The molecule has 1 amide bonds. The van der Waals surface area contributed by atoms with Crippen LogP contribution in [0.15, 0.2) is 59.1 Å². The third kappa shape index (κ3) is 5.45. The highest BCUT2D eigenvalue weighted by Gasteiger charge is 2.30. The van der Waals surface area contributed by atoms with Crippen LogP contribution in [0.25, 0.3) is 22.6 Å². The zero-order valence-electron chi connectivity index (χ0n) is 17.6. The molecule has 3 rings (SSSR count). The van der Waals surface area contributed by atoms with Crippen molar-refractivity contribution in [3.8, 4) is 22.6 Å². The smallest absolute Gasteiger partial charge is 0.360 e. The zero-order chi connectivity index (χ0) is 23.3. The van der Waals surface area contributed by atoms with Crippen molar-refractivity contribution < 1.29 is 18.0 Å². The number of amides is 1. The third-order valence-corrected chi connectivity index (χ3v) is 5.64. The first-order valence-electron chi connectivity index (χ1n) is 10.1. The summed E-state index contributed by atoms with van der Waals surface area (Å²) in [5, 5.41) is 3.05. The Bertz CT molecular complexity index is 1070. The lowest BCUT2D eigenvalue weighted by atomic mass is 10.1. The van der Waals surface area contributed by atoms with Gasteiger partial charge in [-0.15, -0.1) is 0 Å². The Morgan fingerprint density at radius 3 is 2.16 bits per heavy atom. The molecule has 0 radical (unpaired) electrons. The van der Waals surface area contributed by atoms with E-state index in [2.05, 4.69) is 31.2 Å². The fourth-order valence-electron chi connectivity index (χ4n) is 3.14. The molecule has 0 unspecified atom stereocenters. The number of likely N-dealkylation sites (N-methyl/N-ethyl adjacent to an activating group) is 1. The van der Waals surface area contributed by atoms with Gasteiger partial charge in [0.1, 0.15) is 5.82 Å². The van der Waals surface area contributed by atoms with Crippen LogP contribution in [0.1, 0.15) is 19.4 Å². The van der Waals surface area contributed by atoms with Crippen LogP contribution in [0.4, 0.5) is 19.0 Å². The molecule has 1 N–H and O–H groups in total. The monoisotopic (exact) mass is 506 g/mol. The number of halogens is 4. The number of hydrogen-bond acceptors (Lipinski definition) is 4. The minimum atomic E-state index is -4.42. The molecule has 1 aromatic heterocycles. The van der Waals surface area contributed by atoms with E-state index in [4.69, 9.17) is 0 Å². The predicted octanol–water partition coefficient (Wildman–Crippen LogP) is 5.87. The van der Waals surface area contributed by atoms with Gasteiger partial charge in [0.05, 0.1) is 22.3 Å². The van der Waals surface area contributed by atoms with Crippen molar-refractivity contribution in [2.75, 3.05) is 25.0 Å². The second kappa shape index (κ2) is 10.1. The predicted molar refractivity (Wildman–Crippen MR) is 122 cm³/mol. The molecular formula is C23H22BrF3N4O. The van der Waals surface area contributed by atoms with Crippen molar-refractivity contribution >= 4 is 27.7 Å². The summed E-state index contributed by atoms with van der Waals surface area (Å²) in [4.78, 5) is 23.2. The summed E-state index contributed by atoms with van der Waals surface area (Å²) < 4.78 is 39.4. The minimum absolute atomic E-state index is 0.0258. The van der Waals surface area contributed by atoms with Gasteiger partial charge in [-0.05, 0) is 41.9 Å². The quantitative estimate of drug-likeness (QED) is 0.435. The Labute approximate surface area is 192 Å². The van der Waals surface area contributed by atoms with Gasteiger partial charge in [0.2, 0.25) is 5.91 Å². The first kappa shape index (κ1) is 23.7. The molecule has 1 heterocycles. The van der Waals surface area contributed by atoms with Crippen LogP contribution in [0.3, 0.4) is 0 Å². The van der Waals surface area contributed by atoms with Crippen LogP contribution < -0.4 is 5.32 Å². The number of aromatic nitrogens is 2. The first-order valence-corrected chi connectivity index (χ1v) is 10.9. The number of carbonyl (C=O) groups is 1. The van der Waals surface area contributed by atoms with Crippen LogP contribution in [0, 0.1) is 0 Å². The molecule has 2 aromatic carbocycles. The van der Waals surface area contributed by atoms with E-state index in [1.54, 1.807) is 4.90 Å². The Morgan fingerprint density at radius 1 is 0.969 bits per heavy atom. The third-order valence-electron chi connectivity index (χ3n) is 4.89. The van der Waals surface area contributed by atoms with Crippen molar-refractivity contribution in [3.05, 3.63) is 64.6 Å². The summed E-state index contributed by atoms with van der Waals surface area (Å²) in [5.74, 6) is 0.547. The van der Waals surface area contributed by atoms with Crippen molar-refractivity contribution in [2.24, 2.45) is 0 Å². The van der Waals surface area contributed by atoms with Gasteiger partial charge in [-0.25, -0.2) is 9.97 Å². The average molecular weight is 507 g/mol. The second-order valence-corrected chi connectivity index (χ2v) is 7.71. The Hall–Kier alpha value is -2.94. The molecule has 9 heteroatoms. The lowest BCUT2D eigenvalue weighted by Crippen LogP contribution is -2.35. The van der Waals surface area contributed by atoms with E-state index in [-0.39, 0.29) is 18.3 Å². The topological polar surface area (TPSA) is 58.1 Å². The van der Waals surface area contributed by atoms with E-state index < -0.39 is 11.7 Å². The van der Waals surface area contributed by atoms with Gasteiger partial charge in [-0.1, -0.05) is 42.5 Å². The number of rotatable bonds is 7. The van der Waals surface area contributed by atoms with E-state index in [0.29, 0.717) is 34.6 Å². The highest BCUT2D eigenvalue weighted by molar-refractivity contribution is 9.10. The molecule has 32 heavy (non-hydrogen) atoms. The van der Waals surface area contributed by atoms with Crippen LogP contribution in [0.2, 0.25) is 0 Å². The summed E-state index contributed by atoms with van der Waals surface area (Å²) in [6, 6.07) is 14.0. The first-order chi connectivity index (χ1) is 15.2. The maximum atomic E-state index is 12.9. The maximum Gasteiger partial charge on any atom is 0.416 e. The molecule has 0 atom stereocenters. The number of anilines is 1. The van der Waals surface area contributed by atoms with E-state index >= 15 is 0 Å². The molecule has 0 saturated carbocycles. The Morgan fingerprint density at radius 2 is 1.59 bits per heavy atom. The van der Waals surface area contributed by atoms with Crippen LogP contribution in [-0.4, -0.2) is 40.4 Å². The number of nitrogens with one attached hydrogen (secondary N) is 1. The summed E-state index contributed by atoms with van der Waals surface area (Å²) in [5.41, 5.74) is 1.05. The maximum absolute atomic E-state index is 12.9. The van der Waals surface area contributed by atoms with Gasteiger partial charge >= 0.3 is 6.18 Å². The molecule has 0 saturated heterocycles. The Balaban J connectivity index is 2.02. The van der Waals surface area contributed by atoms with Crippen LogP contribution >= 0.6 is 15.9 Å². The van der Waals surface area contributed by atoms with Crippen molar-refractivity contribution in [2.45, 2.75) is 20.0 Å². The van der Waals surface area contributed by atoms with E-state index in [9.17, 15) is 18.0 Å². The van der Waals surface area contributed by atoms with E-state index in [1.807, 2.05) is 44.2 Å². The van der Waals surface area contributed by atoms with Gasteiger partial charge < -0.3 is 10.2 Å². The molecule has 168 valence electrons. The van der Waals surface area contributed by atoms with Gasteiger partial charge in [-0.3, -0.25) is 4.79 Å². The lowest BCUT2D eigenvalue weighted by molar-refractivity contribution is -0.137. The van der Waals surface area contributed by atoms with Gasteiger partial charge in [0.25, 0.3) is 0 Å². The van der Waals surface area contributed by atoms with Crippen LogP contribution in [0.5, 0.6) is 0 Å². The van der Waals surface area contributed by atoms with Crippen LogP contribution in [-0.2, 0) is 11.0 Å². The minimum Gasteiger partial charge on any atom is -0.360 e. The molecule has 0 aliphatic rings. The van der Waals surface area contributed by atoms with Gasteiger partial charge in [0.15, 0.2) is 5.82 Å². The number of alkyl halides is 3. The molecule has 0 bridgehead atoms. The highest BCUT2D eigenvalue weighted by atomic mass is 79.9. The van der Waals surface area contributed by atoms with Gasteiger partial charge in [0, 0.05) is 24.2 Å². The summed E-state index contributed by atoms with van der Waals surface area (Å²) in [6.45, 7) is 5.01. The molecule has 5 nitrogen and oxygen atoms in total.